The predicted octanol–water partition coefficient (Wildman–Crippen LogP) is 6.29. The number of ether oxygens (including phenoxy) is 1. The minimum absolute atomic E-state index is 0.0211. The molecule has 0 saturated carbocycles. The maximum atomic E-state index is 12.5. The molecule has 0 atom stereocenters. The van der Waals surface area contributed by atoms with Gasteiger partial charge in [0.2, 0.25) is 0 Å². The molecule has 0 N–H and O–H groups in total. The number of halogens is 1. The molecule has 0 aromatic heterocycles. The molecule has 126 valence electrons. The average Bonchev–Trinajstić information content (AvgIpc) is 2.65. The lowest BCUT2D eigenvalue weighted by atomic mass is 10.0. The molecule has 0 heterocycles. The predicted molar refractivity (Wildman–Crippen MR) is 107 cm³/mol. The van der Waals surface area contributed by atoms with E-state index >= 15 is 0 Å². The Hall–Kier alpha value is -2.39. The molecule has 0 aliphatic heterocycles. The van der Waals surface area contributed by atoms with Crippen molar-refractivity contribution in [2.45, 2.75) is 13.3 Å². The molecule has 0 radical (unpaired) electrons. The molecule has 3 heteroatoms. The molecule has 0 aliphatic carbocycles. The third kappa shape index (κ3) is 4.37. The molecule has 3 aromatic carbocycles. The van der Waals surface area contributed by atoms with E-state index in [4.69, 9.17) is 4.74 Å². The first-order valence-corrected chi connectivity index (χ1v) is 9.10. The van der Waals surface area contributed by atoms with Gasteiger partial charge in [-0.2, -0.15) is 0 Å². The van der Waals surface area contributed by atoms with Gasteiger partial charge >= 0.3 is 0 Å². The van der Waals surface area contributed by atoms with Gasteiger partial charge in [0.15, 0.2) is 5.78 Å². The van der Waals surface area contributed by atoms with Crippen LogP contribution in [0.2, 0.25) is 0 Å². The Balaban J connectivity index is 1.85. The molecule has 0 aliphatic rings. The van der Waals surface area contributed by atoms with Crippen LogP contribution in [0.25, 0.3) is 16.8 Å². The highest BCUT2D eigenvalue weighted by molar-refractivity contribution is 9.10. The maximum Gasteiger partial charge on any atom is 0.185 e. The van der Waals surface area contributed by atoms with Crippen molar-refractivity contribution in [3.8, 4) is 5.75 Å². The number of allylic oxidation sites excluding steroid dienone is 1. The fourth-order valence-electron chi connectivity index (χ4n) is 2.60. The average molecular weight is 395 g/mol. The van der Waals surface area contributed by atoms with Crippen LogP contribution in [0.4, 0.5) is 0 Å². The Morgan fingerprint density at radius 2 is 1.84 bits per heavy atom. The molecular weight excluding hydrogens is 376 g/mol. The van der Waals surface area contributed by atoms with E-state index in [9.17, 15) is 4.79 Å². The van der Waals surface area contributed by atoms with E-state index in [2.05, 4.69) is 22.9 Å². The Labute approximate surface area is 156 Å². The number of hydrogen-bond acceptors (Lipinski definition) is 2. The van der Waals surface area contributed by atoms with Crippen molar-refractivity contribution >= 4 is 38.6 Å². The van der Waals surface area contributed by atoms with Crippen molar-refractivity contribution in [1.29, 1.82) is 0 Å². The monoisotopic (exact) mass is 394 g/mol. The fourth-order valence-corrected chi connectivity index (χ4v) is 2.98. The zero-order valence-corrected chi connectivity index (χ0v) is 15.6. The lowest BCUT2D eigenvalue weighted by Gasteiger charge is -2.08. The Morgan fingerprint density at radius 1 is 1.04 bits per heavy atom. The van der Waals surface area contributed by atoms with Crippen LogP contribution in [0.3, 0.4) is 0 Å². The molecule has 0 unspecified atom stereocenters. The Kier molecular flexibility index (Phi) is 5.67. The lowest BCUT2D eigenvalue weighted by molar-refractivity contribution is 0.104. The first-order chi connectivity index (χ1) is 12.2. The number of carbonyl (C=O) groups excluding carboxylic acids is 1. The first-order valence-electron chi connectivity index (χ1n) is 8.31. The summed E-state index contributed by atoms with van der Waals surface area (Å²) in [5, 5.41) is 2.20. The van der Waals surface area contributed by atoms with E-state index in [0.29, 0.717) is 12.2 Å². The fraction of sp³-hybridized carbons (Fsp3) is 0.136. The summed E-state index contributed by atoms with van der Waals surface area (Å²) in [7, 11) is 0. The largest absolute Gasteiger partial charge is 0.493 e. The molecular formula is C22H19BrO2. The molecule has 0 spiro atoms. The Bertz CT molecular complexity index is 928. The minimum Gasteiger partial charge on any atom is -0.493 e. The van der Waals surface area contributed by atoms with Gasteiger partial charge in [-0.15, -0.1) is 0 Å². The summed E-state index contributed by atoms with van der Waals surface area (Å²) in [4.78, 5) is 12.5. The zero-order chi connectivity index (χ0) is 17.6. The van der Waals surface area contributed by atoms with Crippen molar-refractivity contribution in [1.82, 2.24) is 0 Å². The van der Waals surface area contributed by atoms with Gasteiger partial charge in [-0.25, -0.2) is 0 Å². The summed E-state index contributed by atoms with van der Waals surface area (Å²) in [6, 6.07) is 19.6. The number of carbonyl (C=O) groups is 1. The molecule has 2 nitrogen and oxygen atoms in total. The second kappa shape index (κ2) is 8.13. The van der Waals surface area contributed by atoms with Gasteiger partial charge in [0, 0.05) is 15.6 Å². The van der Waals surface area contributed by atoms with Crippen LogP contribution in [0, 0.1) is 0 Å². The van der Waals surface area contributed by atoms with Crippen LogP contribution < -0.4 is 4.74 Å². The van der Waals surface area contributed by atoms with E-state index in [1.165, 1.54) is 0 Å². The van der Waals surface area contributed by atoms with Crippen molar-refractivity contribution < 1.29 is 9.53 Å². The van der Waals surface area contributed by atoms with E-state index < -0.39 is 0 Å². The normalized spacial score (nSPS) is 11.1. The van der Waals surface area contributed by atoms with E-state index in [-0.39, 0.29) is 5.78 Å². The van der Waals surface area contributed by atoms with Crippen LogP contribution in [-0.4, -0.2) is 12.4 Å². The van der Waals surface area contributed by atoms with Gasteiger partial charge in [-0.1, -0.05) is 59.3 Å². The van der Waals surface area contributed by atoms with E-state index in [1.54, 1.807) is 6.08 Å². The van der Waals surface area contributed by atoms with Crippen LogP contribution in [0.5, 0.6) is 5.75 Å². The highest BCUT2D eigenvalue weighted by Gasteiger charge is 2.05. The van der Waals surface area contributed by atoms with Crippen LogP contribution in [0.15, 0.2) is 71.2 Å². The number of benzene rings is 3. The summed E-state index contributed by atoms with van der Waals surface area (Å²) in [6.45, 7) is 2.72. The third-order valence-electron chi connectivity index (χ3n) is 3.88. The smallest absolute Gasteiger partial charge is 0.185 e. The SMILES string of the molecule is CCCOc1ccc(Br)cc1/C=C/C(=O)c1ccc2ccccc2c1. The maximum absolute atomic E-state index is 12.5. The molecule has 0 bridgehead atoms. The van der Waals surface area contributed by atoms with Gasteiger partial charge in [0.25, 0.3) is 0 Å². The van der Waals surface area contributed by atoms with E-state index in [1.807, 2.05) is 66.7 Å². The number of ketones is 1. The summed E-state index contributed by atoms with van der Waals surface area (Å²) < 4.78 is 6.71. The number of hydrogen-bond donors (Lipinski definition) is 0. The van der Waals surface area contributed by atoms with Crippen molar-refractivity contribution in [2.24, 2.45) is 0 Å². The van der Waals surface area contributed by atoms with Crippen LogP contribution >= 0.6 is 15.9 Å². The molecule has 0 fully saturated rings. The van der Waals surface area contributed by atoms with Crippen LogP contribution in [0.1, 0.15) is 29.3 Å². The lowest BCUT2D eigenvalue weighted by Crippen LogP contribution is -1.97. The quantitative estimate of drug-likeness (QED) is 0.362. The van der Waals surface area contributed by atoms with Crippen molar-refractivity contribution in [2.75, 3.05) is 6.61 Å². The highest BCUT2D eigenvalue weighted by Crippen LogP contribution is 2.25. The zero-order valence-electron chi connectivity index (χ0n) is 14.0. The van der Waals surface area contributed by atoms with Crippen LogP contribution in [-0.2, 0) is 0 Å². The molecule has 0 amide bonds. The van der Waals surface area contributed by atoms with E-state index in [0.717, 1.165) is 33.0 Å². The van der Waals surface area contributed by atoms with Gasteiger partial charge in [0.1, 0.15) is 5.75 Å². The van der Waals surface area contributed by atoms with Gasteiger partial charge in [-0.3, -0.25) is 4.79 Å². The topological polar surface area (TPSA) is 26.3 Å². The summed E-state index contributed by atoms with van der Waals surface area (Å²) in [5.41, 5.74) is 1.57. The third-order valence-corrected chi connectivity index (χ3v) is 4.38. The second-order valence-electron chi connectivity index (χ2n) is 5.79. The summed E-state index contributed by atoms with van der Waals surface area (Å²) in [5.74, 6) is 0.764. The second-order valence-corrected chi connectivity index (χ2v) is 6.71. The standard InChI is InChI=1S/C22H19BrO2/c1-2-13-25-22-12-10-20(23)15-19(22)9-11-21(24)18-8-7-16-5-3-4-6-17(16)14-18/h3-12,14-15H,2,13H2,1H3/b11-9+. The van der Waals surface area contributed by atoms with Crippen molar-refractivity contribution in [3.63, 3.8) is 0 Å². The number of rotatable bonds is 6. The summed E-state index contributed by atoms with van der Waals surface area (Å²) in [6.07, 6.45) is 4.35. The van der Waals surface area contributed by atoms with Gasteiger partial charge in [0.05, 0.1) is 6.61 Å². The first kappa shape index (κ1) is 17.4. The van der Waals surface area contributed by atoms with Crippen molar-refractivity contribution in [3.05, 3.63) is 82.3 Å². The minimum atomic E-state index is -0.0211. The molecule has 0 saturated heterocycles. The summed E-state index contributed by atoms with van der Waals surface area (Å²) >= 11 is 3.47. The Morgan fingerprint density at radius 3 is 2.64 bits per heavy atom. The highest BCUT2D eigenvalue weighted by atomic mass is 79.9. The molecule has 3 aromatic rings. The molecule has 25 heavy (non-hydrogen) atoms. The number of fused-ring (bicyclic) bond motifs is 1. The van der Waals surface area contributed by atoms with Gasteiger partial charge < -0.3 is 4.74 Å². The van der Waals surface area contributed by atoms with Gasteiger partial charge in [-0.05, 0) is 53.6 Å². The molecule has 3 rings (SSSR count).